The zero-order chi connectivity index (χ0) is 14.7. The zero-order valence-corrected chi connectivity index (χ0v) is 12.2. The van der Waals surface area contributed by atoms with Gasteiger partial charge in [0.2, 0.25) is 0 Å². The Morgan fingerprint density at radius 2 is 1.90 bits per heavy atom. The van der Waals surface area contributed by atoms with Crippen molar-refractivity contribution >= 4 is 21.7 Å². The molecule has 0 aliphatic heterocycles. The molecule has 0 amide bonds. The van der Waals surface area contributed by atoms with Gasteiger partial charge in [-0.3, -0.25) is 4.79 Å². The molecule has 2 nitrogen and oxygen atoms in total. The molecular weight excluding hydrogens is 330 g/mol. The van der Waals surface area contributed by atoms with E-state index in [1.165, 1.54) is 6.07 Å². The van der Waals surface area contributed by atoms with Crippen molar-refractivity contribution in [3.63, 3.8) is 0 Å². The summed E-state index contributed by atoms with van der Waals surface area (Å²) in [5.74, 6) is -2.05. The fourth-order valence-electron chi connectivity index (χ4n) is 1.75. The molecule has 0 radical (unpaired) electrons. The summed E-state index contributed by atoms with van der Waals surface area (Å²) < 4.78 is 32.2. The molecule has 0 bridgehead atoms. The lowest BCUT2D eigenvalue weighted by Gasteiger charge is -2.10. The number of ether oxygens (including phenoxy) is 1. The normalized spacial score (nSPS) is 10.4. The first kappa shape index (κ1) is 14.7. The van der Waals surface area contributed by atoms with Crippen LogP contribution in [0.1, 0.15) is 22.8 Å². The Bertz CT molecular complexity index is 656. The SMILES string of the molecule is CCOc1ccc(Br)cc1C(=O)c1ccc(F)c(F)c1. The van der Waals surface area contributed by atoms with Crippen LogP contribution in [0, 0.1) is 11.6 Å². The van der Waals surface area contributed by atoms with Crippen molar-refractivity contribution in [2.24, 2.45) is 0 Å². The van der Waals surface area contributed by atoms with Crippen LogP contribution < -0.4 is 4.74 Å². The Morgan fingerprint density at radius 1 is 1.15 bits per heavy atom. The van der Waals surface area contributed by atoms with E-state index in [-0.39, 0.29) is 5.56 Å². The van der Waals surface area contributed by atoms with Crippen LogP contribution in [0.25, 0.3) is 0 Å². The molecule has 0 atom stereocenters. The maximum Gasteiger partial charge on any atom is 0.196 e. The topological polar surface area (TPSA) is 26.3 Å². The molecule has 0 heterocycles. The van der Waals surface area contributed by atoms with Gasteiger partial charge in [0.25, 0.3) is 0 Å². The number of carbonyl (C=O) groups is 1. The van der Waals surface area contributed by atoms with Crippen molar-refractivity contribution in [3.05, 3.63) is 63.6 Å². The minimum Gasteiger partial charge on any atom is -0.493 e. The molecule has 0 spiro atoms. The predicted octanol–water partition coefficient (Wildman–Crippen LogP) is 4.36. The molecule has 2 aromatic carbocycles. The fourth-order valence-corrected chi connectivity index (χ4v) is 2.11. The Balaban J connectivity index is 2.46. The van der Waals surface area contributed by atoms with Crippen LogP contribution in [0.4, 0.5) is 8.78 Å². The van der Waals surface area contributed by atoms with E-state index in [0.29, 0.717) is 22.4 Å². The third-order valence-corrected chi connectivity index (χ3v) is 3.16. The molecule has 2 rings (SSSR count). The number of rotatable bonds is 4. The van der Waals surface area contributed by atoms with Crippen LogP contribution >= 0.6 is 15.9 Å². The second kappa shape index (κ2) is 6.13. The number of halogens is 3. The molecular formula is C15H11BrF2O2. The minimum atomic E-state index is -1.05. The predicted molar refractivity (Wildman–Crippen MR) is 75.1 cm³/mol. The van der Waals surface area contributed by atoms with E-state index in [2.05, 4.69) is 15.9 Å². The van der Waals surface area contributed by atoms with Crippen molar-refractivity contribution in [1.82, 2.24) is 0 Å². The Kier molecular flexibility index (Phi) is 4.49. The van der Waals surface area contributed by atoms with Gasteiger partial charge in [0, 0.05) is 10.0 Å². The van der Waals surface area contributed by atoms with Crippen molar-refractivity contribution in [2.75, 3.05) is 6.61 Å². The molecule has 0 aliphatic rings. The summed E-state index contributed by atoms with van der Waals surface area (Å²) in [6, 6.07) is 8.05. The second-order valence-electron chi connectivity index (χ2n) is 4.03. The highest BCUT2D eigenvalue weighted by atomic mass is 79.9. The molecule has 20 heavy (non-hydrogen) atoms. The number of ketones is 1. The lowest BCUT2D eigenvalue weighted by Crippen LogP contribution is -2.06. The lowest BCUT2D eigenvalue weighted by atomic mass is 10.0. The zero-order valence-electron chi connectivity index (χ0n) is 10.6. The summed E-state index contributed by atoms with van der Waals surface area (Å²) in [5, 5.41) is 0. The third kappa shape index (κ3) is 3.04. The molecule has 0 aliphatic carbocycles. The van der Waals surface area contributed by atoms with Crippen LogP contribution in [0.3, 0.4) is 0 Å². The van der Waals surface area contributed by atoms with Gasteiger partial charge in [-0.15, -0.1) is 0 Å². The van der Waals surface area contributed by atoms with E-state index in [4.69, 9.17) is 4.74 Å². The number of hydrogen-bond donors (Lipinski definition) is 0. The van der Waals surface area contributed by atoms with Gasteiger partial charge in [0.1, 0.15) is 5.75 Å². The molecule has 0 aromatic heterocycles. The molecule has 0 saturated heterocycles. The largest absolute Gasteiger partial charge is 0.493 e. The van der Waals surface area contributed by atoms with E-state index < -0.39 is 17.4 Å². The monoisotopic (exact) mass is 340 g/mol. The number of hydrogen-bond acceptors (Lipinski definition) is 2. The molecule has 0 fully saturated rings. The van der Waals surface area contributed by atoms with Gasteiger partial charge in [0.05, 0.1) is 12.2 Å². The highest BCUT2D eigenvalue weighted by Gasteiger charge is 2.17. The van der Waals surface area contributed by atoms with Crippen molar-refractivity contribution in [2.45, 2.75) is 6.92 Å². The average molecular weight is 341 g/mol. The Morgan fingerprint density at radius 3 is 2.55 bits per heavy atom. The number of carbonyl (C=O) groups excluding carboxylic acids is 1. The van der Waals surface area contributed by atoms with Crippen LogP contribution in [0.5, 0.6) is 5.75 Å². The van der Waals surface area contributed by atoms with Crippen LogP contribution in [-0.2, 0) is 0 Å². The maximum absolute atomic E-state index is 13.2. The van der Waals surface area contributed by atoms with E-state index in [0.717, 1.165) is 12.1 Å². The summed E-state index contributed by atoms with van der Waals surface area (Å²) in [6.45, 7) is 2.20. The van der Waals surface area contributed by atoms with Gasteiger partial charge in [-0.25, -0.2) is 8.78 Å². The minimum absolute atomic E-state index is 0.0722. The standard InChI is InChI=1S/C15H11BrF2O2/c1-2-20-14-6-4-10(16)8-11(14)15(19)9-3-5-12(17)13(18)7-9/h3-8H,2H2,1H3. The van der Waals surface area contributed by atoms with Crippen molar-refractivity contribution in [1.29, 1.82) is 0 Å². The van der Waals surface area contributed by atoms with Gasteiger partial charge < -0.3 is 4.74 Å². The fraction of sp³-hybridized carbons (Fsp3) is 0.133. The molecule has 5 heteroatoms. The summed E-state index contributed by atoms with van der Waals surface area (Å²) in [6.07, 6.45) is 0. The third-order valence-electron chi connectivity index (χ3n) is 2.67. The van der Waals surface area contributed by atoms with Crippen LogP contribution in [0.15, 0.2) is 40.9 Å². The first-order valence-corrected chi connectivity index (χ1v) is 6.74. The Hall–Kier alpha value is -1.75. The van der Waals surface area contributed by atoms with Crippen LogP contribution in [0.2, 0.25) is 0 Å². The lowest BCUT2D eigenvalue weighted by molar-refractivity contribution is 0.103. The number of benzene rings is 2. The highest BCUT2D eigenvalue weighted by Crippen LogP contribution is 2.26. The van der Waals surface area contributed by atoms with Gasteiger partial charge >= 0.3 is 0 Å². The van der Waals surface area contributed by atoms with E-state index in [1.54, 1.807) is 25.1 Å². The van der Waals surface area contributed by atoms with Gasteiger partial charge in [-0.05, 0) is 43.3 Å². The molecule has 0 saturated carbocycles. The maximum atomic E-state index is 13.2. The van der Waals surface area contributed by atoms with E-state index in [1.807, 2.05) is 0 Å². The van der Waals surface area contributed by atoms with E-state index >= 15 is 0 Å². The molecule has 0 unspecified atom stereocenters. The quantitative estimate of drug-likeness (QED) is 0.773. The van der Waals surface area contributed by atoms with E-state index in [9.17, 15) is 13.6 Å². The molecule has 0 N–H and O–H groups in total. The van der Waals surface area contributed by atoms with Gasteiger partial charge in [0.15, 0.2) is 17.4 Å². The van der Waals surface area contributed by atoms with Crippen molar-refractivity contribution in [3.8, 4) is 5.75 Å². The Labute approximate surface area is 123 Å². The first-order valence-electron chi connectivity index (χ1n) is 5.95. The summed E-state index contributed by atoms with van der Waals surface area (Å²) >= 11 is 3.27. The second-order valence-corrected chi connectivity index (χ2v) is 4.95. The van der Waals surface area contributed by atoms with Crippen molar-refractivity contribution < 1.29 is 18.3 Å². The summed E-state index contributed by atoms with van der Waals surface area (Å²) in [7, 11) is 0. The highest BCUT2D eigenvalue weighted by molar-refractivity contribution is 9.10. The van der Waals surface area contributed by atoms with Crippen LogP contribution in [-0.4, -0.2) is 12.4 Å². The van der Waals surface area contributed by atoms with Gasteiger partial charge in [-0.2, -0.15) is 0 Å². The summed E-state index contributed by atoms with van der Waals surface area (Å²) in [4.78, 5) is 12.4. The average Bonchev–Trinajstić information content (AvgIpc) is 2.43. The molecule has 2 aromatic rings. The summed E-state index contributed by atoms with van der Waals surface area (Å²) in [5.41, 5.74) is 0.371. The smallest absolute Gasteiger partial charge is 0.196 e. The molecule has 104 valence electrons. The van der Waals surface area contributed by atoms with Gasteiger partial charge in [-0.1, -0.05) is 15.9 Å². The first-order chi connectivity index (χ1) is 9.52.